The molecule has 0 N–H and O–H groups in total. The first-order valence-corrected chi connectivity index (χ1v) is 10.1. The predicted octanol–water partition coefficient (Wildman–Crippen LogP) is 3.70. The number of nitrogens with zero attached hydrogens (tertiary/aromatic N) is 3. The molecule has 0 spiro atoms. The molecular formula is C21H21N3O3S. The van der Waals surface area contributed by atoms with Gasteiger partial charge in [0.05, 0.1) is 6.26 Å². The average molecular weight is 395 g/mol. The van der Waals surface area contributed by atoms with Crippen LogP contribution in [-0.4, -0.2) is 52.8 Å². The van der Waals surface area contributed by atoms with Crippen LogP contribution in [0.4, 0.5) is 0 Å². The molecule has 3 aromatic rings. The fraction of sp³-hybridized carbons (Fsp3) is 0.286. The Hall–Kier alpha value is -2.93. The lowest BCUT2D eigenvalue weighted by atomic mass is 10.1. The lowest BCUT2D eigenvalue weighted by Crippen LogP contribution is -2.37. The molecule has 0 unspecified atom stereocenters. The van der Waals surface area contributed by atoms with E-state index in [-0.39, 0.29) is 11.8 Å². The maximum Gasteiger partial charge on any atom is 0.273 e. The van der Waals surface area contributed by atoms with Crippen LogP contribution < -0.4 is 0 Å². The van der Waals surface area contributed by atoms with Gasteiger partial charge in [-0.15, -0.1) is 11.3 Å². The van der Waals surface area contributed by atoms with Gasteiger partial charge in [0.15, 0.2) is 10.8 Å². The molecule has 0 aliphatic carbocycles. The zero-order valence-corrected chi connectivity index (χ0v) is 16.4. The fourth-order valence-corrected chi connectivity index (χ4v) is 4.09. The first kappa shape index (κ1) is 18.4. The van der Waals surface area contributed by atoms with Gasteiger partial charge in [-0.05, 0) is 37.6 Å². The van der Waals surface area contributed by atoms with Gasteiger partial charge in [-0.25, -0.2) is 4.98 Å². The Morgan fingerprint density at radius 2 is 1.82 bits per heavy atom. The third kappa shape index (κ3) is 3.84. The Morgan fingerprint density at radius 1 is 1.04 bits per heavy atom. The van der Waals surface area contributed by atoms with Crippen LogP contribution in [0.1, 0.15) is 32.8 Å². The van der Waals surface area contributed by atoms with Crippen LogP contribution in [0.5, 0.6) is 0 Å². The first-order valence-electron chi connectivity index (χ1n) is 9.26. The number of aromatic nitrogens is 1. The Labute approximate surface area is 167 Å². The summed E-state index contributed by atoms with van der Waals surface area (Å²) in [5, 5.41) is 2.46. The molecule has 7 heteroatoms. The quantitative estimate of drug-likeness (QED) is 0.678. The van der Waals surface area contributed by atoms with Crippen molar-refractivity contribution in [3.05, 3.63) is 64.9 Å². The van der Waals surface area contributed by atoms with E-state index in [4.69, 9.17) is 4.42 Å². The molecule has 1 aliphatic heterocycles. The number of hydrogen-bond acceptors (Lipinski definition) is 5. The van der Waals surface area contributed by atoms with E-state index < -0.39 is 0 Å². The number of carbonyl (C=O) groups is 2. The minimum Gasteiger partial charge on any atom is -0.462 e. The van der Waals surface area contributed by atoms with E-state index in [0.717, 1.165) is 12.0 Å². The molecule has 4 rings (SSSR count). The van der Waals surface area contributed by atoms with Crippen molar-refractivity contribution in [3.63, 3.8) is 0 Å². The number of furan rings is 1. The molecular weight excluding hydrogens is 374 g/mol. The van der Waals surface area contributed by atoms with Crippen LogP contribution in [0.15, 0.2) is 52.5 Å². The van der Waals surface area contributed by atoms with Crippen LogP contribution in [0.3, 0.4) is 0 Å². The highest BCUT2D eigenvalue weighted by Gasteiger charge is 2.25. The number of amides is 2. The number of aryl methyl sites for hydroxylation is 1. The van der Waals surface area contributed by atoms with E-state index in [9.17, 15) is 9.59 Å². The van der Waals surface area contributed by atoms with Crippen LogP contribution in [0, 0.1) is 6.92 Å². The molecule has 6 nitrogen and oxygen atoms in total. The number of rotatable bonds is 3. The molecule has 0 radical (unpaired) electrons. The summed E-state index contributed by atoms with van der Waals surface area (Å²) in [6.07, 6.45) is 2.34. The summed E-state index contributed by atoms with van der Waals surface area (Å²) in [5.41, 5.74) is 2.19. The lowest BCUT2D eigenvalue weighted by molar-refractivity contribution is 0.0716. The second-order valence-electron chi connectivity index (χ2n) is 6.82. The van der Waals surface area contributed by atoms with Gasteiger partial charge in [-0.1, -0.05) is 17.7 Å². The summed E-state index contributed by atoms with van der Waals surface area (Å²) in [6.45, 7) is 4.26. The van der Waals surface area contributed by atoms with Crippen molar-refractivity contribution in [2.45, 2.75) is 13.3 Å². The fourth-order valence-electron chi connectivity index (χ4n) is 3.33. The molecule has 28 heavy (non-hydrogen) atoms. The van der Waals surface area contributed by atoms with Gasteiger partial charge in [0.25, 0.3) is 11.8 Å². The van der Waals surface area contributed by atoms with E-state index in [0.29, 0.717) is 48.2 Å². The highest BCUT2D eigenvalue weighted by Crippen LogP contribution is 2.24. The van der Waals surface area contributed by atoms with Crippen molar-refractivity contribution in [1.82, 2.24) is 14.8 Å². The Bertz CT molecular complexity index is 980. The highest BCUT2D eigenvalue weighted by molar-refractivity contribution is 7.13. The van der Waals surface area contributed by atoms with E-state index in [1.54, 1.807) is 22.6 Å². The molecule has 2 amide bonds. The molecule has 3 heterocycles. The van der Waals surface area contributed by atoms with Gasteiger partial charge in [0.2, 0.25) is 0 Å². The van der Waals surface area contributed by atoms with Crippen molar-refractivity contribution >= 4 is 23.2 Å². The van der Waals surface area contributed by atoms with Crippen LogP contribution in [0.25, 0.3) is 10.8 Å². The second kappa shape index (κ2) is 7.98. The van der Waals surface area contributed by atoms with E-state index in [1.807, 2.05) is 42.2 Å². The van der Waals surface area contributed by atoms with Gasteiger partial charge >= 0.3 is 0 Å². The Kier molecular flexibility index (Phi) is 5.25. The maximum atomic E-state index is 12.9. The minimum atomic E-state index is -0.0982. The molecule has 1 aromatic carbocycles. The van der Waals surface area contributed by atoms with Crippen LogP contribution in [0.2, 0.25) is 0 Å². The van der Waals surface area contributed by atoms with E-state index in [1.165, 1.54) is 11.3 Å². The molecule has 0 atom stereocenters. The van der Waals surface area contributed by atoms with Crippen molar-refractivity contribution in [2.24, 2.45) is 0 Å². The molecule has 2 aromatic heterocycles. The standard InChI is InChI=1S/C21H21N3O3S/c1-15-5-2-6-16(13-15)20(25)23-8-4-9-24(11-10-23)21(26)17-14-28-19(22-17)18-7-3-12-27-18/h2-3,5-7,12-14H,4,8-11H2,1H3. The number of carbonyl (C=O) groups excluding carboxylic acids is 2. The molecule has 0 saturated carbocycles. The Morgan fingerprint density at radius 3 is 2.54 bits per heavy atom. The number of benzene rings is 1. The van der Waals surface area contributed by atoms with Gasteiger partial charge in [-0.2, -0.15) is 0 Å². The van der Waals surface area contributed by atoms with Gasteiger partial charge in [-0.3, -0.25) is 9.59 Å². The van der Waals surface area contributed by atoms with Crippen molar-refractivity contribution in [2.75, 3.05) is 26.2 Å². The van der Waals surface area contributed by atoms with E-state index >= 15 is 0 Å². The lowest BCUT2D eigenvalue weighted by Gasteiger charge is -2.22. The largest absolute Gasteiger partial charge is 0.462 e. The first-order chi connectivity index (χ1) is 13.6. The summed E-state index contributed by atoms with van der Waals surface area (Å²) in [4.78, 5) is 33.7. The number of thiazole rings is 1. The minimum absolute atomic E-state index is 0.0202. The summed E-state index contributed by atoms with van der Waals surface area (Å²) < 4.78 is 5.35. The van der Waals surface area contributed by atoms with Gasteiger partial charge in [0, 0.05) is 37.1 Å². The van der Waals surface area contributed by atoms with Crippen molar-refractivity contribution in [3.8, 4) is 10.8 Å². The smallest absolute Gasteiger partial charge is 0.273 e. The molecule has 0 bridgehead atoms. The normalized spacial score (nSPS) is 14.8. The maximum absolute atomic E-state index is 12.9. The Balaban J connectivity index is 1.42. The molecule has 144 valence electrons. The third-order valence-corrected chi connectivity index (χ3v) is 5.65. The van der Waals surface area contributed by atoms with Crippen LogP contribution in [-0.2, 0) is 0 Å². The van der Waals surface area contributed by atoms with Crippen LogP contribution >= 0.6 is 11.3 Å². The van der Waals surface area contributed by atoms with Gasteiger partial charge in [0.1, 0.15) is 5.69 Å². The zero-order valence-electron chi connectivity index (χ0n) is 15.6. The highest BCUT2D eigenvalue weighted by atomic mass is 32.1. The monoisotopic (exact) mass is 395 g/mol. The topological polar surface area (TPSA) is 66.7 Å². The third-order valence-electron chi connectivity index (χ3n) is 4.79. The summed E-state index contributed by atoms with van der Waals surface area (Å²) in [7, 11) is 0. The molecule has 1 fully saturated rings. The second-order valence-corrected chi connectivity index (χ2v) is 7.68. The zero-order chi connectivity index (χ0) is 19.5. The molecule has 1 saturated heterocycles. The summed E-state index contributed by atoms with van der Waals surface area (Å²) in [5.74, 6) is 0.584. The summed E-state index contributed by atoms with van der Waals surface area (Å²) >= 11 is 1.39. The van der Waals surface area contributed by atoms with E-state index in [2.05, 4.69) is 4.98 Å². The predicted molar refractivity (Wildman–Crippen MR) is 107 cm³/mol. The van der Waals surface area contributed by atoms with Crippen molar-refractivity contribution < 1.29 is 14.0 Å². The number of hydrogen-bond donors (Lipinski definition) is 0. The van der Waals surface area contributed by atoms with Gasteiger partial charge < -0.3 is 14.2 Å². The summed E-state index contributed by atoms with van der Waals surface area (Å²) in [6, 6.07) is 11.2. The molecule has 1 aliphatic rings. The average Bonchev–Trinajstić information content (AvgIpc) is 3.34. The SMILES string of the molecule is Cc1cccc(C(=O)N2CCCN(C(=O)c3csc(-c4ccco4)n3)CC2)c1. The van der Waals surface area contributed by atoms with Crippen molar-refractivity contribution in [1.29, 1.82) is 0 Å².